The van der Waals surface area contributed by atoms with E-state index in [0.29, 0.717) is 76.7 Å². The Morgan fingerprint density at radius 3 is 1.14 bits per heavy atom. The molecule has 10 rings (SSSR count). The number of nitrogens with zero attached hydrogens (tertiary/aromatic N) is 2. The number of aromatic nitrogens is 2. The van der Waals surface area contributed by atoms with Gasteiger partial charge in [0.05, 0.1) is 44.6 Å². The Balaban J connectivity index is 1.10. The molecule has 0 amide bonds. The van der Waals surface area contributed by atoms with Crippen molar-refractivity contribution in [1.82, 2.24) is 9.13 Å². The monoisotopic (exact) mass is 1250 g/mol. The van der Waals surface area contributed by atoms with Gasteiger partial charge in [-0.2, -0.15) is 0 Å². The summed E-state index contributed by atoms with van der Waals surface area (Å²) >= 11 is 0. The molecule has 0 fully saturated rings. The standard InChI is InChI=1S/C85H104F2N2O4/c1-25-53-39-60(87)48-68(66-41-58(85(21,22)50-80(7,8)9)46-74(76(66)91)89-71-43-55(82(13,14)15)29-33-63(71)64-34-30-56(44-72(64)89)83(16,17)18)78(53)93(24)36-26-35-92(23)77-52(3)38-59(86)47-67(77)65-40-57(84(19,20)49-79(4,5)6)45-73(75(65)90)88-69-37-51(2)27-31-61(69)62-32-28-54(42-70(62)88)81(10,11)12/h27-34,37-48,90-91H,23-26,35-36,49-50H2,1-22H3. The number of hydrogen-bond acceptors (Lipinski definition) is 2. The molecule has 8 aromatic carbocycles. The number of aromatic hydroxyl groups is 2. The lowest BCUT2D eigenvalue weighted by molar-refractivity contribution is -0.0171. The molecule has 0 saturated carbocycles. The summed E-state index contributed by atoms with van der Waals surface area (Å²) in [4.78, 5) is 0. The van der Waals surface area contributed by atoms with Crippen LogP contribution in [0.25, 0.3) is 77.2 Å². The minimum absolute atomic E-state index is 0.0298. The van der Waals surface area contributed by atoms with Crippen LogP contribution in [0.5, 0.6) is 23.0 Å². The highest BCUT2D eigenvalue weighted by atomic mass is 19.1. The van der Waals surface area contributed by atoms with Crippen molar-refractivity contribution in [1.29, 1.82) is 0 Å². The van der Waals surface area contributed by atoms with Crippen LogP contribution < -0.4 is 0 Å². The first-order valence-electron chi connectivity index (χ1n) is 33.5. The first-order chi connectivity index (χ1) is 43.0. The maximum absolute atomic E-state index is 16.6. The Kier molecular flexibility index (Phi) is 17.6. The molecule has 0 saturated heterocycles. The van der Waals surface area contributed by atoms with Gasteiger partial charge in [0.1, 0.15) is 29.6 Å². The Hall–Kier alpha value is -7.58. The van der Waals surface area contributed by atoms with Gasteiger partial charge in [-0.15, -0.1) is 0 Å². The zero-order valence-corrected chi connectivity index (χ0v) is 60.1. The number of phenolic OH excluding ortho intramolecular Hbond substituents is 2. The summed E-state index contributed by atoms with van der Waals surface area (Å²) in [5, 5.41) is 30.9. The number of hydrogen-bond donors (Lipinski definition) is 2. The van der Waals surface area contributed by atoms with Crippen LogP contribution >= 0.6 is 0 Å². The van der Waals surface area contributed by atoms with Crippen LogP contribution in [-0.4, -0.2) is 32.6 Å². The number of aryl methyl sites for hydroxylation is 3. The Morgan fingerprint density at radius 2 is 0.763 bits per heavy atom. The molecule has 0 aliphatic carbocycles. The van der Waals surface area contributed by atoms with Gasteiger partial charge in [0.15, 0.2) is 13.2 Å². The van der Waals surface area contributed by atoms with E-state index in [2.05, 4.69) is 268 Å². The van der Waals surface area contributed by atoms with Gasteiger partial charge >= 0.3 is 0 Å². The van der Waals surface area contributed by atoms with Gasteiger partial charge in [0.25, 0.3) is 0 Å². The molecule has 2 aromatic heterocycles. The summed E-state index contributed by atoms with van der Waals surface area (Å²) in [7, 11) is 9.25. The van der Waals surface area contributed by atoms with Gasteiger partial charge in [-0.3, -0.25) is 0 Å². The molecule has 0 spiro atoms. The molecule has 2 N–H and O–H groups in total. The lowest BCUT2D eigenvalue weighted by Crippen LogP contribution is -2.25. The lowest BCUT2D eigenvalue weighted by Gasteiger charge is -2.36. The van der Waals surface area contributed by atoms with E-state index < -0.39 is 17.0 Å². The minimum atomic E-state index is -0.432. The van der Waals surface area contributed by atoms with E-state index in [9.17, 15) is 10.2 Å². The molecular weight excluding hydrogens is 1150 g/mol. The number of fused-ring (bicyclic) bond motifs is 6. The predicted octanol–water partition coefficient (Wildman–Crippen LogP) is 24.6. The summed E-state index contributed by atoms with van der Waals surface area (Å²) in [5.74, 6) is 0.462. The summed E-state index contributed by atoms with van der Waals surface area (Å²) in [6, 6.07) is 41.2. The highest BCUT2D eigenvalue weighted by Gasteiger charge is 2.35. The van der Waals surface area contributed by atoms with E-state index in [1.807, 2.05) is 13.8 Å². The fraction of sp³-hybridized carbons (Fsp3) is 0.412. The van der Waals surface area contributed by atoms with Crippen LogP contribution in [0, 0.1) is 50.5 Å². The average molecular weight is 1260 g/mol. The van der Waals surface area contributed by atoms with E-state index in [1.54, 1.807) is 12.1 Å². The lowest BCUT2D eigenvalue weighted by atomic mass is 9.71. The SMILES string of the molecule is [CH2-][O+](CCC[O+]([CH2-])c1c(CC)cc(F)cc1-c1cc(C(C)(C)CC(C)(C)C)cc(-n2c3cc(C(C)(C)C)ccc3c3ccc(C(C)(C)C)cc32)c1O)c1c(C)cc(F)cc1-c1cc(C(C)(C)CC(C)(C)C)cc(-n2c3cc(C)ccc3c3ccc(C(C)(C)C)cc32)c1O. The van der Waals surface area contributed by atoms with Crippen molar-refractivity contribution in [3.63, 3.8) is 0 Å². The third-order valence-corrected chi connectivity index (χ3v) is 19.1. The molecule has 6 nitrogen and oxygen atoms in total. The van der Waals surface area contributed by atoms with Gasteiger partial charge in [-0.25, -0.2) is 8.78 Å². The van der Waals surface area contributed by atoms with Crippen molar-refractivity contribution in [3.05, 3.63) is 192 Å². The van der Waals surface area contributed by atoms with Crippen LogP contribution in [-0.2, 0) is 42.2 Å². The highest BCUT2D eigenvalue weighted by Crippen LogP contribution is 2.53. The van der Waals surface area contributed by atoms with Gasteiger partial charge in [-0.05, 0) is 191 Å². The minimum Gasteiger partial charge on any atom is -0.711 e. The second-order valence-corrected chi connectivity index (χ2v) is 33.8. The van der Waals surface area contributed by atoms with Crippen LogP contribution in [0.1, 0.15) is 202 Å². The molecule has 0 aliphatic rings. The maximum atomic E-state index is 16.6. The van der Waals surface area contributed by atoms with E-state index in [1.165, 1.54) is 28.8 Å². The van der Waals surface area contributed by atoms with Crippen molar-refractivity contribution in [2.45, 2.75) is 205 Å². The summed E-state index contributed by atoms with van der Waals surface area (Å²) in [5.41, 5.74) is 13.8. The van der Waals surface area contributed by atoms with E-state index in [-0.39, 0.29) is 44.0 Å². The van der Waals surface area contributed by atoms with Gasteiger partial charge < -0.3 is 28.1 Å². The van der Waals surface area contributed by atoms with Crippen LogP contribution in [0.3, 0.4) is 0 Å². The Bertz CT molecular complexity index is 4460. The zero-order valence-electron chi connectivity index (χ0n) is 60.1. The maximum Gasteiger partial charge on any atom is 0.238 e. The van der Waals surface area contributed by atoms with E-state index >= 15 is 8.78 Å². The molecular formula is C85H104F2N2O4. The molecule has 93 heavy (non-hydrogen) atoms. The van der Waals surface area contributed by atoms with Crippen LogP contribution in [0.4, 0.5) is 8.78 Å². The smallest absolute Gasteiger partial charge is 0.238 e. The molecule has 8 heteroatoms. The van der Waals surface area contributed by atoms with Crippen LogP contribution in [0.15, 0.2) is 121 Å². The summed E-state index contributed by atoms with van der Waals surface area (Å²) in [6.07, 6.45) is 2.62. The molecule has 0 unspecified atom stereocenters. The molecule has 0 atom stereocenters. The highest BCUT2D eigenvalue weighted by molar-refractivity contribution is 6.11. The van der Waals surface area contributed by atoms with Crippen molar-refractivity contribution in [2.75, 3.05) is 13.2 Å². The summed E-state index contributed by atoms with van der Waals surface area (Å²) < 4.78 is 43.6. The molecule has 2 heterocycles. The second kappa shape index (κ2) is 24.0. The first kappa shape index (κ1) is 68.3. The molecule has 10 aromatic rings. The second-order valence-electron chi connectivity index (χ2n) is 33.8. The number of benzene rings is 8. The Labute approximate surface area is 555 Å². The normalized spacial score (nSPS) is 13.2. The van der Waals surface area contributed by atoms with Gasteiger partial charge in [0.2, 0.25) is 11.5 Å². The average Bonchev–Trinajstić information content (AvgIpc) is 1.64. The number of halogens is 2. The van der Waals surface area contributed by atoms with Gasteiger partial charge in [-0.1, -0.05) is 187 Å². The van der Waals surface area contributed by atoms with E-state index in [0.717, 1.165) is 78.7 Å². The number of phenols is 2. The Morgan fingerprint density at radius 1 is 0.409 bits per heavy atom. The van der Waals surface area contributed by atoms with E-state index in [4.69, 9.17) is 0 Å². The predicted molar refractivity (Wildman–Crippen MR) is 391 cm³/mol. The fourth-order valence-corrected chi connectivity index (χ4v) is 15.1. The topological polar surface area (TPSA) is 55.7 Å². The largest absolute Gasteiger partial charge is 0.711 e. The summed E-state index contributed by atoms with van der Waals surface area (Å²) in [6.45, 7) is 49.2. The molecule has 492 valence electrons. The van der Waals surface area contributed by atoms with Crippen LogP contribution in [0.2, 0.25) is 0 Å². The third kappa shape index (κ3) is 13.5. The fourth-order valence-electron chi connectivity index (χ4n) is 15.1. The van der Waals surface area contributed by atoms with Gasteiger partial charge in [0, 0.05) is 43.8 Å². The number of rotatable bonds is 15. The van der Waals surface area contributed by atoms with Crippen molar-refractivity contribution < 1.29 is 27.7 Å². The quantitative estimate of drug-likeness (QED) is 0.0794. The van der Waals surface area contributed by atoms with Crippen molar-refractivity contribution >= 4 is 43.6 Å². The zero-order chi connectivity index (χ0) is 68.4. The first-order valence-corrected chi connectivity index (χ1v) is 33.5. The third-order valence-electron chi connectivity index (χ3n) is 19.1. The van der Waals surface area contributed by atoms with Crippen molar-refractivity contribution in [3.8, 4) is 56.6 Å². The molecule has 0 bridgehead atoms. The molecule has 0 radical (unpaired) electrons. The molecule has 0 aliphatic heterocycles. The van der Waals surface area contributed by atoms with Crippen molar-refractivity contribution in [2.24, 2.45) is 10.8 Å².